The molecule has 1 aromatic heterocycles. The molecule has 0 unspecified atom stereocenters. The third-order valence-electron chi connectivity index (χ3n) is 5.82. The Morgan fingerprint density at radius 3 is 2.27 bits per heavy atom. The van der Waals surface area contributed by atoms with Crippen molar-refractivity contribution < 1.29 is 23.5 Å². The van der Waals surface area contributed by atoms with Crippen LogP contribution in [0.5, 0.6) is 0 Å². The van der Waals surface area contributed by atoms with Crippen LogP contribution in [0.15, 0.2) is 60.8 Å². The van der Waals surface area contributed by atoms with Crippen LogP contribution in [0.25, 0.3) is 17.2 Å². The number of halogens is 1. The number of aryl methyl sites for hydroxylation is 1. The standard InChI is InChI=1S/C24H27FN3O4P/c1-4-24(5-2,33(30,31)32)18-8-12-20(13-9-18)26-23(29)15-14-22-21(16-28(3)27-22)17-6-10-19(25)11-7-17/h6-16H,4-5H2,1-3H3,(H,26,29)(H2,30,31,32)/b15-14+. The summed E-state index contributed by atoms with van der Waals surface area (Å²) in [5.74, 6) is -0.716. The summed E-state index contributed by atoms with van der Waals surface area (Å²) in [5.41, 5.74) is 3.14. The lowest BCUT2D eigenvalue weighted by Crippen LogP contribution is -2.24. The van der Waals surface area contributed by atoms with E-state index >= 15 is 0 Å². The molecule has 0 radical (unpaired) electrons. The lowest BCUT2D eigenvalue weighted by molar-refractivity contribution is -0.111. The Morgan fingerprint density at radius 1 is 1.12 bits per heavy atom. The second-order valence-electron chi connectivity index (χ2n) is 7.79. The summed E-state index contributed by atoms with van der Waals surface area (Å²) >= 11 is 0. The molecule has 7 nitrogen and oxygen atoms in total. The number of hydrogen-bond donors (Lipinski definition) is 3. The number of nitrogens with zero attached hydrogens (tertiary/aromatic N) is 2. The van der Waals surface area contributed by atoms with Crippen LogP contribution in [0.4, 0.5) is 10.1 Å². The van der Waals surface area contributed by atoms with E-state index in [1.807, 2.05) is 0 Å². The van der Waals surface area contributed by atoms with Gasteiger partial charge < -0.3 is 15.1 Å². The van der Waals surface area contributed by atoms with Gasteiger partial charge in [-0.3, -0.25) is 14.0 Å². The summed E-state index contributed by atoms with van der Waals surface area (Å²) in [6.45, 7) is 3.50. The summed E-state index contributed by atoms with van der Waals surface area (Å²) in [6, 6.07) is 12.6. The molecule has 9 heteroatoms. The van der Waals surface area contributed by atoms with Crippen molar-refractivity contribution in [3.05, 3.63) is 77.9 Å². The van der Waals surface area contributed by atoms with Crippen molar-refractivity contribution >= 4 is 25.3 Å². The van der Waals surface area contributed by atoms with Crippen molar-refractivity contribution in [1.29, 1.82) is 0 Å². The van der Waals surface area contributed by atoms with Crippen molar-refractivity contribution in [1.82, 2.24) is 9.78 Å². The first-order valence-corrected chi connectivity index (χ1v) is 12.2. The highest BCUT2D eigenvalue weighted by Crippen LogP contribution is 2.60. The van der Waals surface area contributed by atoms with Crippen molar-refractivity contribution in [3.63, 3.8) is 0 Å². The maximum Gasteiger partial charge on any atom is 0.335 e. The van der Waals surface area contributed by atoms with E-state index in [2.05, 4.69) is 10.4 Å². The molecule has 1 heterocycles. The number of nitrogens with one attached hydrogen (secondary N) is 1. The normalized spacial score (nSPS) is 12.3. The average Bonchev–Trinajstić information content (AvgIpc) is 3.14. The lowest BCUT2D eigenvalue weighted by Gasteiger charge is -2.33. The lowest BCUT2D eigenvalue weighted by atomic mass is 9.92. The van der Waals surface area contributed by atoms with Crippen LogP contribution in [0.2, 0.25) is 0 Å². The molecule has 0 bridgehead atoms. The fraction of sp³-hybridized carbons (Fsp3) is 0.250. The zero-order valence-electron chi connectivity index (χ0n) is 18.7. The van der Waals surface area contributed by atoms with Gasteiger partial charge >= 0.3 is 7.60 Å². The summed E-state index contributed by atoms with van der Waals surface area (Å²) in [7, 11) is -2.62. The van der Waals surface area contributed by atoms with Gasteiger partial charge in [-0.2, -0.15) is 5.10 Å². The van der Waals surface area contributed by atoms with Crippen molar-refractivity contribution in [2.45, 2.75) is 31.8 Å². The molecule has 2 aromatic carbocycles. The quantitative estimate of drug-likeness (QED) is 0.314. The molecular formula is C24H27FN3O4P. The van der Waals surface area contributed by atoms with Crippen LogP contribution in [0.1, 0.15) is 37.9 Å². The van der Waals surface area contributed by atoms with Crippen molar-refractivity contribution in [2.75, 3.05) is 5.32 Å². The SMILES string of the molecule is CCC(CC)(c1ccc(NC(=O)/C=C/c2nn(C)cc2-c2ccc(F)cc2)cc1)P(=O)(O)O. The Hall–Kier alpha value is -3.06. The number of carbonyl (C=O) groups excluding carboxylic acids is 1. The Balaban J connectivity index is 1.76. The number of rotatable bonds is 8. The van der Waals surface area contributed by atoms with Gasteiger partial charge in [-0.15, -0.1) is 0 Å². The highest BCUT2D eigenvalue weighted by Gasteiger charge is 2.45. The van der Waals surface area contributed by atoms with E-state index in [1.54, 1.807) is 74.2 Å². The van der Waals surface area contributed by atoms with Crippen LogP contribution < -0.4 is 5.32 Å². The summed E-state index contributed by atoms with van der Waals surface area (Å²) in [5, 5.41) is 5.84. The first-order chi connectivity index (χ1) is 15.6. The predicted octanol–water partition coefficient (Wildman–Crippen LogP) is 5.07. The van der Waals surface area contributed by atoms with Gasteiger partial charge in [0.1, 0.15) is 5.82 Å². The number of carbonyl (C=O) groups is 1. The van der Waals surface area contributed by atoms with E-state index in [9.17, 15) is 23.5 Å². The molecule has 0 aliphatic rings. The molecule has 0 aliphatic carbocycles. The maximum atomic E-state index is 13.2. The molecule has 174 valence electrons. The first-order valence-electron chi connectivity index (χ1n) is 10.5. The molecule has 0 aliphatic heterocycles. The maximum absolute atomic E-state index is 13.2. The summed E-state index contributed by atoms with van der Waals surface area (Å²) in [4.78, 5) is 32.2. The van der Waals surface area contributed by atoms with E-state index in [0.29, 0.717) is 29.8 Å². The zero-order chi connectivity index (χ0) is 24.2. The summed E-state index contributed by atoms with van der Waals surface area (Å²) < 4.78 is 27.0. The van der Waals surface area contributed by atoms with E-state index in [0.717, 1.165) is 11.1 Å². The van der Waals surface area contributed by atoms with Gasteiger partial charge in [-0.25, -0.2) is 4.39 Å². The monoisotopic (exact) mass is 471 g/mol. The van der Waals surface area contributed by atoms with Gasteiger partial charge in [0.15, 0.2) is 0 Å². The fourth-order valence-corrected chi connectivity index (χ4v) is 5.23. The minimum absolute atomic E-state index is 0.294. The number of amides is 1. The highest BCUT2D eigenvalue weighted by atomic mass is 31.2. The number of aromatic nitrogens is 2. The molecule has 0 spiro atoms. The molecule has 0 atom stereocenters. The molecule has 0 fully saturated rings. The largest absolute Gasteiger partial charge is 0.335 e. The van der Waals surface area contributed by atoms with Gasteiger partial charge in [-0.1, -0.05) is 38.1 Å². The Kier molecular flexibility index (Phi) is 7.32. The van der Waals surface area contributed by atoms with E-state index in [1.165, 1.54) is 18.2 Å². The second-order valence-corrected chi connectivity index (χ2v) is 9.74. The number of anilines is 1. The predicted molar refractivity (Wildman–Crippen MR) is 127 cm³/mol. The average molecular weight is 471 g/mol. The fourth-order valence-electron chi connectivity index (χ4n) is 3.92. The topological polar surface area (TPSA) is 104 Å². The Labute approximate surface area is 192 Å². The van der Waals surface area contributed by atoms with Crippen LogP contribution in [-0.4, -0.2) is 25.5 Å². The van der Waals surface area contributed by atoms with Gasteiger partial charge in [0.2, 0.25) is 5.91 Å². The van der Waals surface area contributed by atoms with Crippen LogP contribution in [0, 0.1) is 5.82 Å². The minimum Gasteiger partial charge on any atom is -0.324 e. The molecule has 33 heavy (non-hydrogen) atoms. The molecule has 3 aromatic rings. The third-order valence-corrected chi connectivity index (χ3v) is 7.83. The summed E-state index contributed by atoms with van der Waals surface area (Å²) in [6.07, 6.45) is 5.31. The van der Waals surface area contributed by atoms with Crippen molar-refractivity contribution in [2.24, 2.45) is 7.05 Å². The minimum atomic E-state index is -4.38. The molecule has 1 amide bonds. The number of benzene rings is 2. The van der Waals surface area contributed by atoms with Gasteiger partial charge in [0.25, 0.3) is 0 Å². The molecular weight excluding hydrogens is 444 g/mol. The van der Waals surface area contributed by atoms with Crippen LogP contribution in [-0.2, 0) is 21.6 Å². The molecule has 3 rings (SSSR count). The van der Waals surface area contributed by atoms with E-state index in [-0.39, 0.29) is 11.7 Å². The van der Waals surface area contributed by atoms with E-state index < -0.39 is 12.8 Å². The van der Waals surface area contributed by atoms with Gasteiger partial charge in [-0.05, 0) is 54.3 Å². The molecule has 0 saturated heterocycles. The highest BCUT2D eigenvalue weighted by molar-refractivity contribution is 7.53. The molecule has 3 N–H and O–H groups in total. The smallest absolute Gasteiger partial charge is 0.324 e. The van der Waals surface area contributed by atoms with Gasteiger partial charge in [0.05, 0.1) is 10.9 Å². The van der Waals surface area contributed by atoms with E-state index in [4.69, 9.17) is 0 Å². The second kappa shape index (κ2) is 9.83. The zero-order valence-corrected chi connectivity index (χ0v) is 19.6. The first kappa shape index (κ1) is 24.6. The molecule has 0 saturated carbocycles. The van der Waals surface area contributed by atoms with Crippen LogP contribution in [0.3, 0.4) is 0 Å². The number of hydrogen-bond acceptors (Lipinski definition) is 3. The van der Waals surface area contributed by atoms with Crippen molar-refractivity contribution in [3.8, 4) is 11.1 Å². The Bertz CT molecular complexity index is 1190. The Morgan fingerprint density at radius 2 is 1.73 bits per heavy atom. The van der Waals surface area contributed by atoms with Crippen LogP contribution >= 0.6 is 7.60 Å². The third kappa shape index (κ3) is 5.30. The van der Waals surface area contributed by atoms with Gasteiger partial charge in [0, 0.05) is 30.6 Å².